The summed E-state index contributed by atoms with van der Waals surface area (Å²) in [7, 11) is -2.73. The molecule has 0 aliphatic carbocycles. The summed E-state index contributed by atoms with van der Waals surface area (Å²) < 4.78 is 28.6. The maximum absolute atomic E-state index is 12.7. The van der Waals surface area contributed by atoms with Crippen LogP contribution in [-0.2, 0) is 22.7 Å². The standard InChI is InChI=1S/C20H29ClN4O4S/c1-11(2)14-8-13(21)9-15(12(3)4)18(14)22-19(26)24-30(28,29)17-10-16(20(5,6)27)25(7)23-17/h8-12,27H,1-7H3,(H2,22,24,26). The number of sulfonamides is 1. The van der Waals surface area contributed by atoms with Crippen LogP contribution < -0.4 is 10.0 Å². The van der Waals surface area contributed by atoms with E-state index in [1.807, 2.05) is 32.4 Å². The summed E-state index contributed by atoms with van der Waals surface area (Å²) in [5.74, 6) is 0.108. The zero-order valence-corrected chi connectivity index (χ0v) is 19.8. The second-order valence-electron chi connectivity index (χ2n) is 8.38. The minimum atomic E-state index is -4.25. The van der Waals surface area contributed by atoms with Gasteiger partial charge in [0.15, 0.2) is 5.03 Å². The second-order valence-corrected chi connectivity index (χ2v) is 10.4. The first kappa shape index (κ1) is 24.2. The van der Waals surface area contributed by atoms with Crippen molar-refractivity contribution >= 4 is 33.3 Å². The average molecular weight is 457 g/mol. The van der Waals surface area contributed by atoms with E-state index in [4.69, 9.17) is 11.6 Å². The molecule has 30 heavy (non-hydrogen) atoms. The normalized spacial score (nSPS) is 12.5. The SMILES string of the molecule is CC(C)c1cc(Cl)cc(C(C)C)c1NC(=O)NS(=O)(=O)c1cc(C(C)(C)O)n(C)n1. The van der Waals surface area contributed by atoms with Crippen LogP contribution in [0.4, 0.5) is 10.5 Å². The van der Waals surface area contributed by atoms with Crippen molar-refractivity contribution in [3.8, 4) is 0 Å². The molecule has 1 heterocycles. The Hall–Kier alpha value is -2.10. The Kier molecular flexibility index (Phi) is 6.90. The number of aryl methyl sites for hydroxylation is 1. The highest BCUT2D eigenvalue weighted by molar-refractivity contribution is 7.90. The maximum atomic E-state index is 12.7. The van der Waals surface area contributed by atoms with Gasteiger partial charge in [-0.05, 0) is 48.9 Å². The highest BCUT2D eigenvalue weighted by atomic mass is 35.5. The van der Waals surface area contributed by atoms with Gasteiger partial charge in [-0.2, -0.15) is 13.5 Å². The smallest absolute Gasteiger partial charge is 0.333 e. The van der Waals surface area contributed by atoms with Crippen LogP contribution in [0.2, 0.25) is 5.02 Å². The third kappa shape index (κ3) is 5.33. The molecule has 0 atom stereocenters. The van der Waals surface area contributed by atoms with E-state index in [2.05, 4.69) is 10.4 Å². The van der Waals surface area contributed by atoms with Crippen molar-refractivity contribution < 1.29 is 18.3 Å². The van der Waals surface area contributed by atoms with Gasteiger partial charge in [0.25, 0.3) is 10.0 Å². The number of aromatic nitrogens is 2. The summed E-state index contributed by atoms with van der Waals surface area (Å²) in [4.78, 5) is 12.6. The number of hydrogen-bond acceptors (Lipinski definition) is 5. The molecule has 3 N–H and O–H groups in total. The van der Waals surface area contributed by atoms with Crippen molar-refractivity contribution in [1.82, 2.24) is 14.5 Å². The number of amides is 2. The first-order valence-corrected chi connectivity index (χ1v) is 11.4. The Balaban J connectivity index is 2.36. The monoisotopic (exact) mass is 456 g/mol. The minimum Gasteiger partial charge on any atom is -0.384 e. The van der Waals surface area contributed by atoms with E-state index in [0.717, 1.165) is 11.1 Å². The predicted octanol–water partition coefficient (Wildman–Crippen LogP) is 4.06. The number of rotatable bonds is 6. The largest absolute Gasteiger partial charge is 0.384 e. The van der Waals surface area contributed by atoms with Crippen molar-refractivity contribution in [2.75, 3.05) is 5.32 Å². The Morgan fingerprint density at radius 3 is 2.03 bits per heavy atom. The van der Waals surface area contributed by atoms with Gasteiger partial charge >= 0.3 is 6.03 Å². The Morgan fingerprint density at radius 1 is 1.13 bits per heavy atom. The van der Waals surface area contributed by atoms with Gasteiger partial charge in [-0.15, -0.1) is 0 Å². The van der Waals surface area contributed by atoms with E-state index in [0.29, 0.717) is 16.4 Å². The zero-order chi connectivity index (χ0) is 23.0. The molecule has 0 saturated carbocycles. The van der Waals surface area contributed by atoms with Gasteiger partial charge in [0.1, 0.15) is 5.60 Å². The summed E-state index contributed by atoms with van der Waals surface area (Å²) in [6, 6.07) is 3.85. The van der Waals surface area contributed by atoms with Crippen molar-refractivity contribution in [3.63, 3.8) is 0 Å². The lowest BCUT2D eigenvalue weighted by molar-refractivity contribution is 0.0695. The lowest BCUT2D eigenvalue weighted by atomic mass is 9.92. The number of urea groups is 1. The first-order valence-electron chi connectivity index (χ1n) is 9.57. The molecule has 10 heteroatoms. The van der Waals surface area contributed by atoms with E-state index in [1.54, 1.807) is 12.1 Å². The molecule has 166 valence electrons. The molecule has 0 bridgehead atoms. The average Bonchev–Trinajstić information content (AvgIpc) is 2.98. The summed E-state index contributed by atoms with van der Waals surface area (Å²) >= 11 is 6.23. The number of benzene rings is 1. The van der Waals surface area contributed by atoms with E-state index in [-0.39, 0.29) is 16.9 Å². The number of aliphatic hydroxyl groups is 1. The van der Waals surface area contributed by atoms with Gasteiger partial charge in [-0.25, -0.2) is 9.52 Å². The highest BCUT2D eigenvalue weighted by Crippen LogP contribution is 2.35. The van der Waals surface area contributed by atoms with Crippen LogP contribution >= 0.6 is 11.6 Å². The van der Waals surface area contributed by atoms with Gasteiger partial charge in [-0.1, -0.05) is 39.3 Å². The number of carbonyl (C=O) groups excluding carboxylic acids is 1. The number of carbonyl (C=O) groups is 1. The zero-order valence-electron chi connectivity index (χ0n) is 18.2. The van der Waals surface area contributed by atoms with Gasteiger partial charge in [-0.3, -0.25) is 4.68 Å². The van der Waals surface area contributed by atoms with Crippen molar-refractivity contribution in [2.24, 2.45) is 7.05 Å². The van der Waals surface area contributed by atoms with E-state index >= 15 is 0 Å². The Labute approximate surface area is 182 Å². The molecule has 0 aliphatic rings. The van der Waals surface area contributed by atoms with Crippen LogP contribution in [0.25, 0.3) is 0 Å². The molecule has 2 rings (SSSR count). The summed E-state index contributed by atoms with van der Waals surface area (Å²) in [6.45, 7) is 10.9. The number of hydrogen-bond donors (Lipinski definition) is 3. The lowest BCUT2D eigenvalue weighted by Crippen LogP contribution is -2.35. The molecular weight excluding hydrogens is 428 g/mol. The van der Waals surface area contributed by atoms with Crippen LogP contribution in [0.1, 0.15) is 70.2 Å². The van der Waals surface area contributed by atoms with Gasteiger partial charge < -0.3 is 10.4 Å². The molecule has 0 saturated heterocycles. The fraction of sp³-hybridized carbons (Fsp3) is 0.500. The van der Waals surface area contributed by atoms with Gasteiger partial charge in [0, 0.05) is 23.8 Å². The quantitative estimate of drug-likeness (QED) is 0.606. The molecule has 2 amide bonds. The molecule has 2 aromatic rings. The molecular formula is C20H29ClN4O4S. The predicted molar refractivity (Wildman–Crippen MR) is 117 cm³/mol. The first-order chi connectivity index (χ1) is 13.6. The van der Waals surface area contributed by atoms with Crippen LogP contribution in [-0.4, -0.2) is 29.3 Å². The minimum absolute atomic E-state index is 0.0539. The Bertz CT molecular complexity index is 1020. The van der Waals surface area contributed by atoms with Crippen molar-refractivity contribution in [2.45, 2.75) is 64.0 Å². The third-order valence-corrected chi connectivity index (χ3v) is 6.06. The van der Waals surface area contributed by atoms with E-state index in [9.17, 15) is 18.3 Å². The van der Waals surface area contributed by atoms with Crippen LogP contribution in [0, 0.1) is 0 Å². The van der Waals surface area contributed by atoms with Crippen LogP contribution in [0.5, 0.6) is 0 Å². The molecule has 0 unspecified atom stereocenters. The fourth-order valence-corrected chi connectivity index (χ4v) is 4.29. The van der Waals surface area contributed by atoms with Gasteiger partial charge in [0.05, 0.1) is 5.69 Å². The molecule has 0 spiro atoms. The molecule has 0 fully saturated rings. The number of anilines is 1. The number of nitrogens with one attached hydrogen (secondary N) is 2. The lowest BCUT2D eigenvalue weighted by Gasteiger charge is -2.21. The number of nitrogens with zero attached hydrogens (tertiary/aromatic N) is 2. The van der Waals surface area contributed by atoms with E-state index < -0.39 is 21.7 Å². The van der Waals surface area contributed by atoms with Crippen LogP contribution in [0.3, 0.4) is 0 Å². The summed E-state index contributed by atoms with van der Waals surface area (Å²) in [5, 5.41) is 16.9. The van der Waals surface area contributed by atoms with Crippen molar-refractivity contribution in [1.29, 1.82) is 0 Å². The molecule has 0 aliphatic heterocycles. The number of halogens is 1. The molecule has 0 radical (unpaired) electrons. The second kappa shape index (κ2) is 8.56. The summed E-state index contributed by atoms with van der Waals surface area (Å²) in [6.07, 6.45) is 0. The summed E-state index contributed by atoms with van der Waals surface area (Å²) in [5.41, 5.74) is 1.15. The van der Waals surface area contributed by atoms with Crippen LogP contribution in [0.15, 0.2) is 23.2 Å². The molecule has 1 aromatic heterocycles. The van der Waals surface area contributed by atoms with E-state index in [1.165, 1.54) is 31.6 Å². The maximum Gasteiger partial charge on any atom is 0.333 e. The topological polar surface area (TPSA) is 113 Å². The molecule has 1 aromatic carbocycles. The van der Waals surface area contributed by atoms with Crippen molar-refractivity contribution in [3.05, 3.63) is 40.0 Å². The molecule has 8 nitrogen and oxygen atoms in total. The van der Waals surface area contributed by atoms with Gasteiger partial charge in [0.2, 0.25) is 0 Å². The highest BCUT2D eigenvalue weighted by Gasteiger charge is 2.28. The Morgan fingerprint density at radius 2 is 1.63 bits per heavy atom. The fourth-order valence-electron chi connectivity index (χ4n) is 3.16. The third-order valence-electron chi connectivity index (χ3n) is 4.63.